The number of nitrogens with zero attached hydrogens (tertiary/aromatic N) is 3. The van der Waals surface area contributed by atoms with E-state index in [0.29, 0.717) is 6.04 Å². The third-order valence-corrected chi connectivity index (χ3v) is 4.23. The molecule has 114 valence electrons. The normalized spacial score (nSPS) is 20.0. The van der Waals surface area contributed by atoms with Gasteiger partial charge in [-0.15, -0.1) is 0 Å². The first kappa shape index (κ1) is 14.3. The molecule has 1 atom stereocenters. The number of aromatic amines is 1. The van der Waals surface area contributed by atoms with E-state index in [9.17, 15) is 5.11 Å². The molecule has 1 fully saturated rings. The number of aromatic nitrogens is 3. The molecule has 3 heterocycles. The van der Waals surface area contributed by atoms with E-state index in [1.165, 1.54) is 12.8 Å². The van der Waals surface area contributed by atoms with Gasteiger partial charge in [-0.25, -0.2) is 9.97 Å². The Balaban J connectivity index is 1.49. The van der Waals surface area contributed by atoms with Gasteiger partial charge >= 0.3 is 0 Å². The van der Waals surface area contributed by atoms with E-state index in [4.69, 9.17) is 0 Å². The minimum absolute atomic E-state index is 0.281. The van der Waals surface area contributed by atoms with Crippen molar-refractivity contribution in [3.63, 3.8) is 0 Å². The van der Waals surface area contributed by atoms with Gasteiger partial charge in [-0.05, 0) is 31.9 Å². The highest BCUT2D eigenvalue weighted by Gasteiger charge is 2.20. The average molecular weight is 289 g/mol. The summed E-state index contributed by atoms with van der Waals surface area (Å²) in [7, 11) is 0. The predicted octanol–water partition coefficient (Wildman–Crippen LogP) is 1.61. The molecule has 0 bridgehead atoms. The molecule has 1 aliphatic heterocycles. The molecule has 0 aliphatic carbocycles. The third-order valence-electron chi connectivity index (χ3n) is 4.23. The molecule has 6 heteroatoms. The quantitative estimate of drug-likeness (QED) is 0.704. The number of hydrogen-bond donors (Lipinski definition) is 3. The molecule has 0 saturated carbocycles. The number of aliphatic hydroxyl groups is 1. The largest absolute Gasteiger partial charge is 0.395 e. The number of hydrogen-bond acceptors (Lipinski definition) is 5. The summed E-state index contributed by atoms with van der Waals surface area (Å²) in [6.07, 6.45) is 8.12. The van der Waals surface area contributed by atoms with Crippen LogP contribution in [0.25, 0.3) is 11.0 Å². The Bertz CT molecular complexity index is 570. The summed E-state index contributed by atoms with van der Waals surface area (Å²) in [5.74, 6) is 0.888. The van der Waals surface area contributed by atoms with Gasteiger partial charge in [0.1, 0.15) is 17.8 Å². The predicted molar refractivity (Wildman–Crippen MR) is 83.3 cm³/mol. The molecule has 21 heavy (non-hydrogen) atoms. The molecule has 6 nitrogen and oxygen atoms in total. The van der Waals surface area contributed by atoms with Crippen LogP contribution >= 0.6 is 0 Å². The highest BCUT2D eigenvalue weighted by atomic mass is 16.3. The van der Waals surface area contributed by atoms with E-state index in [1.807, 2.05) is 12.3 Å². The maximum atomic E-state index is 9.41. The lowest BCUT2D eigenvalue weighted by atomic mass is 10.0. The number of H-pyrrole nitrogens is 1. The van der Waals surface area contributed by atoms with Gasteiger partial charge in [-0.3, -0.25) is 4.90 Å². The topological polar surface area (TPSA) is 77.1 Å². The molecular weight excluding hydrogens is 266 g/mol. The van der Waals surface area contributed by atoms with Gasteiger partial charge < -0.3 is 15.4 Å². The van der Waals surface area contributed by atoms with Crippen molar-refractivity contribution in [1.29, 1.82) is 0 Å². The lowest BCUT2D eigenvalue weighted by Crippen LogP contribution is -2.42. The number of nitrogens with one attached hydrogen (secondary N) is 2. The van der Waals surface area contributed by atoms with Crippen LogP contribution in [-0.4, -0.2) is 57.2 Å². The maximum Gasteiger partial charge on any atom is 0.142 e. The van der Waals surface area contributed by atoms with Crippen LogP contribution in [0, 0.1) is 0 Å². The lowest BCUT2D eigenvalue weighted by Gasteiger charge is -2.34. The van der Waals surface area contributed by atoms with Crippen LogP contribution in [0.5, 0.6) is 0 Å². The Labute approximate surface area is 124 Å². The molecule has 0 aromatic carbocycles. The van der Waals surface area contributed by atoms with Crippen LogP contribution in [0.2, 0.25) is 0 Å². The number of anilines is 1. The Morgan fingerprint density at radius 3 is 3.24 bits per heavy atom. The first-order chi connectivity index (χ1) is 10.4. The van der Waals surface area contributed by atoms with E-state index in [2.05, 4.69) is 25.2 Å². The third kappa shape index (κ3) is 3.33. The van der Waals surface area contributed by atoms with Gasteiger partial charge in [0.2, 0.25) is 0 Å². The minimum Gasteiger partial charge on any atom is -0.395 e. The second kappa shape index (κ2) is 6.87. The molecule has 3 rings (SSSR count). The van der Waals surface area contributed by atoms with Crippen molar-refractivity contribution < 1.29 is 5.11 Å². The monoisotopic (exact) mass is 289 g/mol. The van der Waals surface area contributed by atoms with Crippen molar-refractivity contribution in [3.8, 4) is 0 Å². The Morgan fingerprint density at radius 1 is 1.38 bits per heavy atom. The van der Waals surface area contributed by atoms with Crippen LogP contribution in [0.1, 0.15) is 25.7 Å². The fourth-order valence-corrected chi connectivity index (χ4v) is 3.06. The molecule has 0 unspecified atom stereocenters. The van der Waals surface area contributed by atoms with E-state index >= 15 is 0 Å². The van der Waals surface area contributed by atoms with Crippen LogP contribution in [0.15, 0.2) is 18.6 Å². The highest BCUT2D eigenvalue weighted by Crippen LogP contribution is 2.18. The highest BCUT2D eigenvalue weighted by molar-refractivity contribution is 5.86. The standard InChI is InChI=1S/C15H23N5O/c21-10-12-4-1-2-8-20(12)9-3-6-16-14-13-5-7-17-15(13)19-11-18-14/h5,7,11-12,21H,1-4,6,8-10H2,(H2,16,17,18,19)/t12-/m0/s1. The Kier molecular flexibility index (Phi) is 4.67. The number of likely N-dealkylation sites (tertiary alicyclic amines) is 1. The number of rotatable bonds is 6. The lowest BCUT2D eigenvalue weighted by molar-refractivity contribution is 0.0901. The molecule has 2 aromatic heterocycles. The molecule has 0 amide bonds. The summed E-state index contributed by atoms with van der Waals surface area (Å²) in [6, 6.07) is 2.35. The van der Waals surface area contributed by atoms with Crippen molar-refractivity contribution in [3.05, 3.63) is 18.6 Å². The van der Waals surface area contributed by atoms with Gasteiger partial charge in [0.15, 0.2) is 0 Å². The van der Waals surface area contributed by atoms with Crippen molar-refractivity contribution in [2.24, 2.45) is 0 Å². The molecule has 3 N–H and O–H groups in total. The van der Waals surface area contributed by atoms with Gasteiger partial charge in [0, 0.05) is 25.3 Å². The van der Waals surface area contributed by atoms with Gasteiger partial charge in [-0.1, -0.05) is 6.42 Å². The number of piperidine rings is 1. The summed E-state index contributed by atoms with van der Waals surface area (Å²) in [5, 5.41) is 13.8. The van der Waals surface area contributed by atoms with Gasteiger partial charge in [0.05, 0.1) is 12.0 Å². The Morgan fingerprint density at radius 2 is 2.33 bits per heavy atom. The zero-order chi connectivity index (χ0) is 14.5. The summed E-state index contributed by atoms with van der Waals surface area (Å²) >= 11 is 0. The van der Waals surface area contributed by atoms with E-state index in [-0.39, 0.29) is 6.61 Å². The van der Waals surface area contributed by atoms with Crippen molar-refractivity contribution in [1.82, 2.24) is 19.9 Å². The zero-order valence-electron chi connectivity index (χ0n) is 12.3. The first-order valence-corrected chi connectivity index (χ1v) is 7.75. The zero-order valence-corrected chi connectivity index (χ0v) is 12.3. The van der Waals surface area contributed by atoms with Crippen LogP contribution in [-0.2, 0) is 0 Å². The molecule has 1 aliphatic rings. The summed E-state index contributed by atoms with van der Waals surface area (Å²) in [5.41, 5.74) is 0.865. The van der Waals surface area contributed by atoms with E-state index < -0.39 is 0 Å². The second-order valence-corrected chi connectivity index (χ2v) is 5.61. The van der Waals surface area contributed by atoms with Crippen LogP contribution < -0.4 is 5.32 Å². The van der Waals surface area contributed by atoms with Gasteiger partial charge in [0.25, 0.3) is 0 Å². The SMILES string of the molecule is OC[C@@H]1CCCCN1CCCNc1ncnc2[nH]ccc12. The van der Waals surface area contributed by atoms with Crippen molar-refractivity contribution in [2.45, 2.75) is 31.7 Å². The fourth-order valence-electron chi connectivity index (χ4n) is 3.06. The molecule has 0 radical (unpaired) electrons. The van der Waals surface area contributed by atoms with Crippen molar-refractivity contribution >= 4 is 16.9 Å². The summed E-state index contributed by atoms with van der Waals surface area (Å²) in [6.45, 7) is 3.30. The van der Waals surface area contributed by atoms with E-state index in [1.54, 1.807) is 6.33 Å². The van der Waals surface area contributed by atoms with E-state index in [0.717, 1.165) is 49.3 Å². The number of fused-ring (bicyclic) bond motifs is 1. The molecule has 2 aromatic rings. The maximum absolute atomic E-state index is 9.41. The van der Waals surface area contributed by atoms with Crippen LogP contribution in [0.3, 0.4) is 0 Å². The number of aliphatic hydroxyl groups excluding tert-OH is 1. The van der Waals surface area contributed by atoms with Crippen molar-refractivity contribution in [2.75, 3.05) is 31.6 Å². The Hall–Kier alpha value is -1.66. The van der Waals surface area contributed by atoms with Gasteiger partial charge in [-0.2, -0.15) is 0 Å². The van der Waals surface area contributed by atoms with Crippen LogP contribution in [0.4, 0.5) is 5.82 Å². The summed E-state index contributed by atoms with van der Waals surface area (Å²) in [4.78, 5) is 14.0. The fraction of sp³-hybridized carbons (Fsp3) is 0.600. The second-order valence-electron chi connectivity index (χ2n) is 5.61. The smallest absolute Gasteiger partial charge is 0.142 e. The first-order valence-electron chi connectivity index (χ1n) is 7.75. The minimum atomic E-state index is 0.281. The molecule has 0 spiro atoms. The molecule has 1 saturated heterocycles. The molecular formula is C15H23N5O. The average Bonchev–Trinajstić information content (AvgIpc) is 3.01. The summed E-state index contributed by atoms with van der Waals surface area (Å²) < 4.78 is 0.